The number of nitrogens with one attached hydrogen (secondary N) is 1. The monoisotopic (exact) mass is 259 g/mol. The Labute approximate surface area is 98.5 Å². The Morgan fingerprint density at radius 3 is 2.31 bits per heavy atom. The van der Waals surface area contributed by atoms with Crippen LogP contribution in [0.5, 0.6) is 0 Å². The van der Waals surface area contributed by atoms with Crippen molar-refractivity contribution in [2.24, 2.45) is 5.92 Å². The second-order valence-electron chi connectivity index (χ2n) is 4.01. The Kier molecular flexibility index (Phi) is 6.79. The summed E-state index contributed by atoms with van der Waals surface area (Å²) in [7, 11) is 0. The molecule has 0 heterocycles. The van der Waals surface area contributed by atoms with E-state index in [1.165, 1.54) is 0 Å². The standard InChI is InChI=1S/C10H17ClF3NO/c1-7(2)8(4-6-11)15-9(16)3-5-10(12,13)14/h7-8H,3-6H2,1-2H3,(H,15,16). The summed E-state index contributed by atoms with van der Waals surface area (Å²) in [6.45, 7) is 3.78. The molecule has 0 fully saturated rings. The largest absolute Gasteiger partial charge is 0.389 e. The smallest absolute Gasteiger partial charge is 0.353 e. The van der Waals surface area contributed by atoms with Gasteiger partial charge in [0.05, 0.1) is 6.42 Å². The lowest BCUT2D eigenvalue weighted by Gasteiger charge is -2.21. The number of rotatable bonds is 6. The minimum atomic E-state index is -4.28. The van der Waals surface area contributed by atoms with Gasteiger partial charge in [0.25, 0.3) is 0 Å². The van der Waals surface area contributed by atoms with Crippen LogP contribution in [0.1, 0.15) is 33.1 Å². The van der Waals surface area contributed by atoms with Gasteiger partial charge in [-0.25, -0.2) is 0 Å². The Morgan fingerprint density at radius 1 is 1.38 bits per heavy atom. The van der Waals surface area contributed by atoms with E-state index in [0.717, 1.165) is 0 Å². The van der Waals surface area contributed by atoms with E-state index in [2.05, 4.69) is 5.32 Å². The first-order valence-corrected chi connectivity index (χ1v) is 5.71. The maximum absolute atomic E-state index is 11.9. The van der Waals surface area contributed by atoms with Crippen LogP contribution in [0.4, 0.5) is 13.2 Å². The normalized spacial score (nSPS) is 13.9. The summed E-state index contributed by atoms with van der Waals surface area (Å²) in [5.41, 5.74) is 0. The van der Waals surface area contributed by atoms with Crippen LogP contribution < -0.4 is 5.32 Å². The zero-order valence-electron chi connectivity index (χ0n) is 9.40. The van der Waals surface area contributed by atoms with Crippen LogP contribution in [-0.4, -0.2) is 24.0 Å². The summed E-state index contributed by atoms with van der Waals surface area (Å²) in [5.74, 6) is -0.0303. The zero-order valence-corrected chi connectivity index (χ0v) is 10.2. The highest BCUT2D eigenvalue weighted by molar-refractivity contribution is 6.17. The maximum Gasteiger partial charge on any atom is 0.389 e. The Hall–Kier alpha value is -0.450. The van der Waals surface area contributed by atoms with Crippen molar-refractivity contribution in [2.75, 3.05) is 5.88 Å². The Bertz CT molecular complexity index is 219. The molecule has 1 unspecified atom stereocenters. The van der Waals surface area contributed by atoms with E-state index in [0.29, 0.717) is 12.3 Å². The van der Waals surface area contributed by atoms with E-state index in [-0.39, 0.29) is 12.0 Å². The second-order valence-corrected chi connectivity index (χ2v) is 4.39. The molecule has 1 amide bonds. The molecule has 1 atom stereocenters. The van der Waals surface area contributed by atoms with Crippen LogP contribution in [0.15, 0.2) is 0 Å². The lowest BCUT2D eigenvalue weighted by molar-refractivity contribution is -0.144. The van der Waals surface area contributed by atoms with Crippen molar-refractivity contribution in [3.8, 4) is 0 Å². The number of alkyl halides is 4. The van der Waals surface area contributed by atoms with Crippen LogP contribution in [0.3, 0.4) is 0 Å². The molecule has 2 nitrogen and oxygen atoms in total. The van der Waals surface area contributed by atoms with Gasteiger partial charge in [-0.2, -0.15) is 13.2 Å². The molecule has 0 radical (unpaired) electrons. The first kappa shape index (κ1) is 15.6. The molecule has 0 rings (SSSR count). The number of carbonyl (C=O) groups excluding carboxylic acids is 1. The highest BCUT2D eigenvalue weighted by Gasteiger charge is 2.28. The van der Waals surface area contributed by atoms with Crippen LogP contribution in [-0.2, 0) is 4.79 Å². The van der Waals surface area contributed by atoms with Gasteiger partial charge in [-0.15, -0.1) is 11.6 Å². The zero-order chi connectivity index (χ0) is 12.8. The third-order valence-corrected chi connectivity index (χ3v) is 2.42. The molecule has 0 spiro atoms. The van der Waals surface area contributed by atoms with Gasteiger partial charge in [0.1, 0.15) is 0 Å². The first-order chi connectivity index (χ1) is 7.26. The van der Waals surface area contributed by atoms with Gasteiger partial charge in [0, 0.05) is 18.3 Å². The molecule has 16 heavy (non-hydrogen) atoms. The van der Waals surface area contributed by atoms with E-state index in [1.54, 1.807) is 0 Å². The van der Waals surface area contributed by atoms with Gasteiger partial charge in [0.15, 0.2) is 0 Å². The molecule has 6 heteroatoms. The highest BCUT2D eigenvalue weighted by Crippen LogP contribution is 2.21. The average Bonchev–Trinajstić information content (AvgIpc) is 2.13. The lowest BCUT2D eigenvalue weighted by Crippen LogP contribution is -2.39. The molecular formula is C10H17ClF3NO. The molecular weight excluding hydrogens is 243 g/mol. The molecule has 0 aromatic heterocycles. The van der Waals surface area contributed by atoms with E-state index in [9.17, 15) is 18.0 Å². The number of halogens is 4. The highest BCUT2D eigenvalue weighted by atomic mass is 35.5. The van der Waals surface area contributed by atoms with Crippen molar-refractivity contribution >= 4 is 17.5 Å². The van der Waals surface area contributed by atoms with Gasteiger partial charge >= 0.3 is 6.18 Å². The predicted molar refractivity (Wildman–Crippen MR) is 57.4 cm³/mol. The van der Waals surface area contributed by atoms with Crippen LogP contribution in [0, 0.1) is 5.92 Å². The molecule has 0 saturated heterocycles. The number of hydrogen-bond donors (Lipinski definition) is 1. The molecule has 0 aliphatic rings. The van der Waals surface area contributed by atoms with Gasteiger partial charge in [-0.05, 0) is 12.3 Å². The number of hydrogen-bond acceptors (Lipinski definition) is 1. The molecule has 0 aromatic rings. The molecule has 96 valence electrons. The molecule has 0 aliphatic heterocycles. The quantitative estimate of drug-likeness (QED) is 0.730. The van der Waals surface area contributed by atoms with Crippen LogP contribution >= 0.6 is 11.6 Å². The molecule has 0 saturated carbocycles. The molecule has 1 N–H and O–H groups in total. The molecule has 0 bridgehead atoms. The van der Waals surface area contributed by atoms with Crippen molar-refractivity contribution < 1.29 is 18.0 Å². The van der Waals surface area contributed by atoms with Crippen molar-refractivity contribution in [1.82, 2.24) is 5.32 Å². The third-order valence-electron chi connectivity index (χ3n) is 2.21. The summed E-state index contributed by atoms with van der Waals surface area (Å²) < 4.78 is 35.6. The summed E-state index contributed by atoms with van der Waals surface area (Å²) in [6, 6.07) is -0.154. The topological polar surface area (TPSA) is 29.1 Å². The fourth-order valence-corrected chi connectivity index (χ4v) is 1.46. The Morgan fingerprint density at radius 2 is 1.94 bits per heavy atom. The predicted octanol–water partition coefficient (Wildman–Crippen LogP) is 3.10. The second kappa shape index (κ2) is 6.99. The van der Waals surface area contributed by atoms with Crippen molar-refractivity contribution in [3.63, 3.8) is 0 Å². The molecule has 0 aliphatic carbocycles. The van der Waals surface area contributed by atoms with Crippen LogP contribution in [0.25, 0.3) is 0 Å². The minimum Gasteiger partial charge on any atom is -0.353 e. The number of carbonyl (C=O) groups is 1. The Balaban J connectivity index is 4.00. The van der Waals surface area contributed by atoms with Gasteiger partial charge in [-0.3, -0.25) is 4.79 Å². The van der Waals surface area contributed by atoms with Gasteiger partial charge < -0.3 is 5.32 Å². The maximum atomic E-state index is 11.9. The third kappa shape index (κ3) is 7.79. The fraction of sp³-hybridized carbons (Fsp3) is 0.900. The van der Waals surface area contributed by atoms with E-state index in [1.807, 2.05) is 13.8 Å². The van der Waals surface area contributed by atoms with Crippen LogP contribution in [0.2, 0.25) is 0 Å². The SMILES string of the molecule is CC(C)C(CCCl)NC(=O)CCC(F)(F)F. The van der Waals surface area contributed by atoms with Gasteiger partial charge in [-0.1, -0.05) is 13.8 Å². The van der Waals surface area contributed by atoms with E-state index < -0.39 is 24.9 Å². The van der Waals surface area contributed by atoms with E-state index >= 15 is 0 Å². The van der Waals surface area contributed by atoms with Crippen molar-refractivity contribution in [3.05, 3.63) is 0 Å². The lowest BCUT2D eigenvalue weighted by atomic mass is 10.0. The first-order valence-electron chi connectivity index (χ1n) is 5.18. The minimum absolute atomic E-state index is 0.154. The summed E-state index contributed by atoms with van der Waals surface area (Å²) in [5, 5.41) is 2.57. The average molecular weight is 260 g/mol. The van der Waals surface area contributed by atoms with E-state index in [4.69, 9.17) is 11.6 Å². The number of amides is 1. The van der Waals surface area contributed by atoms with Gasteiger partial charge in [0.2, 0.25) is 5.91 Å². The fourth-order valence-electron chi connectivity index (χ4n) is 1.22. The van der Waals surface area contributed by atoms with Crippen molar-refractivity contribution in [2.45, 2.75) is 45.3 Å². The van der Waals surface area contributed by atoms with Crippen molar-refractivity contribution in [1.29, 1.82) is 0 Å². The summed E-state index contributed by atoms with van der Waals surface area (Å²) in [4.78, 5) is 11.2. The summed E-state index contributed by atoms with van der Waals surface area (Å²) in [6.07, 6.45) is -5.31. The summed E-state index contributed by atoms with van der Waals surface area (Å²) >= 11 is 5.54. The molecule has 0 aromatic carbocycles.